The summed E-state index contributed by atoms with van der Waals surface area (Å²) in [7, 11) is 1.68. The molecule has 0 amide bonds. The zero-order chi connectivity index (χ0) is 20.9. The van der Waals surface area contributed by atoms with Crippen molar-refractivity contribution in [1.29, 1.82) is 0 Å². The number of aromatic nitrogens is 1. The highest BCUT2D eigenvalue weighted by atomic mass is 127. The lowest BCUT2D eigenvalue weighted by Crippen LogP contribution is -2.48. The first-order valence-electron chi connectivity index (χ1n) is 10.5. The van der Waals surface area contributed by atoms with Gasteiger partial charge in [-0.2, -0.15) is 13.2 Å². The van der Waals surface area contributed by atoms with Crippen LogP contribution >= 0.6 is 35.3 Å². The van der Waals surface area contributed by atoms with Crippen molar-refractivity contribution in [2.45, 2.75) is 64.2 Å². The van der Waals surface area contributed by atoms with Crippen LogP contribution in [0.3, 0.4) is 0 Å². The summed E-state index contributed by atoms with van der Waals surface area (Å²) in [6.07, 6.45) is -0.134. The van der Waals surface area contributed by atoms with Crippen molar-refractivity contribution in [2.75, 3.05) is 26.7 Å². The van der Waals surface area contributed by atoms with Crippen molar-refractivity contribution in [2.24, 2.45) is 16.8 Å². The van der Waals surface area contributed by atoms with Crippen molar-refractivity contribution >= 4 is 41.3 Å². The third-order valence-corrected chi connectivity index (χ3v) is 6.84. The van der Waals surface area contributed by atoms with E-state index in [-0.39, 0.29) is 42.9 Å². The Bertz CT molecular complexity index is 674. The van der Waals surface area contributed by atoms with E-state index in [0.29, 0.717) is 18.3 Å². The number of thiazole rings is 1. The van der Waals surface area contributed by atoms with Gasteiger partial charge in [0.25, 0.3) is 0 Å². The maximum atomic E-state index is 13.0. The standard InChI is InChI=1S/C20H32F3N5S.HI/c1-14-26-18(13-29-14)12-28-8-6-15(7-9-28)11-25-19(24-2)27-17-5-3-4-16(10-17)20(21,22)23;/h13,15-17H,3-12H2,1-2H3,(H2,24,25,27);1H. The summed E-state index contributed by atoms with van der Waals surface area (Å²) < 4.78 is 39.0. The Kier molecular flexibility index (Phi) is 10.1. The molecule has 1 aliphatic carbocycles. The van der Waals surface area contributed by atoms with E-state index in [2.05, 4.69) is 30.9 Å². The number of halogens is 4. The fraction of sp³-hybridized carbons (Fsp3) is 0.800. The minimum atomic E-state index is -4.09. The number of nitrogens with zero attached hydrogens (tertiary/aromatic N) is 3. The maximum absolute atomic E-state index is 13.0. The lowest BCUT2D eigenvalue weighted by molar-refractivity contribution is -0.183. The number of hydrogen-bond donors (Lipinski definition) is 2. The molecule has 2 aliphatic rings. The summed E-state index contributed by atoms with van der Waals surface area (Å²) in [5, 5.41) is 9.79. The summed E-state index contributed by atoms with van der Waals surface area (Å²) in [6, 6.07) is -0.162. The second kappa shape index (κ2) is 11.8. The van der Waals surface area contributed by atoms with Crippen LogP contribution in [0.15, 0.2) is 10.4 Å². The Morgan fingerprint density at radius 2 is 2.00 bits per heavy atom. The van der Waals surface area contributed by atoms with Crippen LogP contribution in [-0.4, -0.2) is 54.7 Å². The summed E-state index contributed by atoms with van der Waals surface area (Å²) in [4.78, 5) is 11.2. The molecule has 0 radical (unpaired) electrons. The number of nitrogens with one attached hydrogen (secondary N) is 2. The Hall–Kier alpha value is -0.620. The molecule has 1 aromatic rings. The predicted octanol–water partition coefficient (Wildman–Crippen LogP) is 4.57. The van der Waals surface area contributed by atoms with Gasteiger partial charge >= 0.3 is 6.18 Å². The van der Waals surface area contributed by atoms with Gasteiger partial charge < -0.3 is 10.6 Å². The number of likely N-dealkylation sites (tertiary alicyclic amines) is 1. The molecule has 10 heteroatoms. The van der Waals surface area contributed by atoms with Crippen LogP contribution < -0.4 is 10.6 Å². The summed E-state index contributed by atoms with van der Waals surface area (Å²) in [5.74, 6) is -0.0212. The number of guanidine groups is 1. The number of hydrogen-bond acceptors (Lipinski definition) is 4. The van der Waals surface area contributed by atoms with Gasteiger partial charge in [-0.1, -0.05) is 6.42 Å². The minimum absolute atomic E-state index is 0. The van der Waals surface area contributed by atoms with Crippen molar-refractivity contribution in [3.8, 4) is 0 Å². The number of alkyl halides is 3. The SMILES string of the molecule is CN=C(NCC1CCN(Cc2csc(C)n2)CC1)NC1CCCC(C(F)(F)F)C1.I. The third kappa shape index (κ3) is 7.81. The van der Waals surface area contributed by atoms with Gasteiger partial charge in [-0.25, -0.2) is 4.98 Å². The molecule has 2 heterocycles. The summed E-state index contributed by atoms with van der Waals surface area (Å²) in [6.45, 7) is 5.84. The quantitative estimate of drug-likeness (QED) is 0.316. The van der Waals surface area contributed by atoms with E-state index in [1.165, 1.54) is 0 Å². The molecule has 1 aliphatic heterocycles. The lowest BCUT2D eigenvalue weighted by Gasteiger charge is -2.33. The normalized spacial score (nSPS) is 24.4. The van der Waals surface area contributed by atoms with E-state index >= 15 is 0 Å². The van der Waals surface area contributed by atoms with E-state index < -0.39 is 12.1 Å². The first kappa shape index (κ1) is 25.6. The lowest BCUT2D eigenvalue weighted by atomic mass is 9.85. The third-order valence-electron chi connectivity index (χ3n) is 6.02. The molecule has 172 valence electrons. The van der Waals surface area contributed by atoms with Gasteiger partial charge in [-0.3, -0.25) is 9.89 Å². The second-order valence-corrected chi connectivity index (χ2v) is 9.34. The molecule has 2 fully saturated rings. The number of rotatable bonds is 5. The molecule has 0 spiro atoms. The van der Waals surface area contributed by atoms with Gasteiger partial charge in [-0.15, -0.1) is 35.3 Å². The number of aryl methyl sites for hydroxylation is 1. The number of piperidine rings is 1. The highest BCUT2D eigenvalue weighted by molar-refractivity contribution is 14.0. The van der Waals surface area contributed by atoms with Gasteiger partial charge in [0, 0.05) is 31.6 Å². The van der Waals surface area contributed by atoms with E-state index in [1.807, 2.05) is 6.92 Å². The molecule has 1 saturated heterocycles. The molecular formula is C20H33F3IN5S. The molecule has 30 heavy (non-hydrogen) atoms. The largest absolute Gasteiger partial charge is 0.391 e. The molecular weight excluding hydrogens is 526 g/mol. The predicted molar refractivity (Wildman–Crippen MR) is 127 cm³/mol. The Morgan fingerprint density at radius 3 is 2.60 bits per heavy atom. The van der Waals surface area contributed by atoms with Gasteiger partial charge in [0.15, 0.2) is 5.96 Å². The molecule has 2 atom stereocenters. The first-order chi connectivity index (χ1) is 13.8. The molecule has 0 bridgehead atoms. The van der Waals surface area contributed by atoms with Crippen LogP contribution in [0, 0.1) is 18.8 Å². The smallest absolute Gasteiger partial charge is 0.356 e. The van der Waals surface area contributed by atoms with Gasteiger partial charge in [0.2, 0.25) is 0 Å². The monoisotopic (exact) mass is 559 g/mol. The number of aliphatic imine (C=N–C) groups is 1. The van der Waals surface area contributed by atoms with Crippen molar-refractivity contribution < 1.29 is 13.2 Å². The zero-order valence-corrected chi connectivity index (χ0v) is 20.8. The zero-order valence-electron chi connectivity index (χ0n) is 17.7. The van der Waals surface area contributed by atoms with E-state index in [4.69, 9.17) is 0 Å². The second-order valence-electron chi connectivity index (χ2n) is 8.28. The van der Waals surface area contributed by atoms with Crippen LogP contribution in [0.4, 0.5) is 13.2 Å². The van der Waals surface area contributed by atoms with Crippen molar-refractivity contribution in [3.63, 3.8) is 0 Å². The fourth-order valence-corrected chi connectivity index (χ4v) is 4.91. The van der Waals surface area contributed by atoms with Crippen LogP contribution in [0.25, 0.3) is 0 Å². The van der Waals surface area contributed by atoms with E-state index in [9.17, 15) is 13.2 Å². The summed E-state index contributed by atoms with van der Waals surface area (Å²) in [5.41, 5.74) is 1.15. The Morgan fingerprint density at radius 1 is 1.27 bits per heavy atom. The summed E-state index contributed by atoms with van der Waals surface area (Å²) >= 11 is 1.69. The Balaban J connectivity index is 0.00000320. The van der Waals surface area contributed by atoms with Gasteiger partial charge in [-0.05, 0) is 58.0 Å². The highest BCUT2D eigenvalue weighted by Gasteiger charge is 2.42. The molecule has 5 nitrogen and oxygen atoms in total. The maximum Gasteiger partial charge on any atom is 0.391 e. The average molecular weight is 559 g/mol. The van der Waals surface area contributed by atoms with Crippen LogP contribution in [0.5, 0.6) is 0 Å². The van der Waals surface area contributed by atoms with E-state index in [1.54, 1.807) is 18.4 Å². The van der Waals surface area contributed by atoms with Crippen LogP contribution in [0.2, 0.25) is 0 Å². The molecule has 0 aromatic carbocycles. The molecule has 3 rings (SSSR count). The van der Waals surface area contributed by atoms with Crippen molar-refractivity contribution in [1.82, 2.24) is 20.5 Å². The van der Waals surface area contributed by atoms with Crippen molar-refractivity contribution in [3.05, 3.63) is 16.1 Å². The van der Waals surface area contributed by atoms with Crippen LogP contribution in [-0.2, 0) is 6.54 Å². The molecule has 1 aromatic heterocycles. The molecule has 2 N–H and O–H groups in total. The van der Waals surface area contributed by atoms with Gasteiger partial charge in [0.05, 0.1) is 16.6 Å². The van der Waals surface area contributed by atoms with Crippen LogP contribution in [0.1, 0.15) is 49.2 Å². The van der Waals surface area contributed by atoms with E-state index in [0.717, 1.165) is 56.1 Å². The molecule has 1 saturated carbocycles. The topological polar surface area (TPSA) is 52.6 Å². The first-order valence-corrected chi connectivity index (χ1v) is 11.4. The fourth-order valence-electron chi connectivity index (χ4n) is 4.31. The van der Waals surface area contributed by atoms with Gasteiger partial charge in [0.1, 0.15) is 0 Å². The highest BCUT2D eigenvalue weighted by Crippen LogP contribution is 2.37. The molecule has 2 unspecified atom stereocenters. The average Bonchev–Trinajstić information content (AvgIpc) is 3.10. The minimum Gasteiger partial charge on any atom is -0.356 e. The Labute approximate surface area is 198 Å².